The monoisotopic (exact) mass is 244 g/mol. The number of aryl methyl sites for hydroxylation is 1. The molecule has 2 rings (SSSR count). The molecule has 0 atom stereocenters. The molecule has 2 nitrogen and oxygen atoms in total. The van der Waals surface area contributed by atoms with Crippen LogP contribution in [0, 0.1) is 6.92 Å². The summed E-state index contributed by atoms with van der Waals surface area (Å²) in [6, 6.07) is 4.25. The normalized spacial score (nSPS) is 11.5. The third-order valence-electron chi connectivity index (χ3n) is 2.41. The zero-order valence-electron chi connectivity index (χ0n) is 10.3. The Morgan fingerprint density at radius 2 is 1.82 bits per heavy atom. The minimum absolute atomic E-state index is 0.382. The van der Waals surface area contributed by atoms with Crippen molar-refractivity contribution >= 4 is 23.5 Å². The van der Waals surface area contributed by atoms with E-state index in [1.165, 1.54) is 9.75 Å². The maximum atomic E-state index is 4.34. The SMILES string of the molecule is Cc1ccc(/C=C/c2cnc(C(C)C)nc2)s1. The van der Waals surface area contributed by atoms with Crippen molar-refractivity contribution in [2.24, 2.45) is 0 Å². The molecule has 17 heavy (non-hydrogen) atoms. The number of nitrogens with zero attached hydrogens (tertiary/aromatic N) is 2. The van der Waals surface area contributed by atoms with Crippen LogP contribution >= 0.6 is 11.3 Å². The van der Waals surface area contributed by atoms with E-state index in [1.54, 1.807) is 11.3 Å². The lowest BCUT2D eigenvalue weighted by atomic mass is 10.2. The summed E-state index contributed by atoms with van der Waals surface area (Å²) in [6.07, 6.45) is 7.90. The first-order valence-electron chi connectivity index (χ1n) is 5.71. The van der Waals surface area contributed by atoms with Crippen LogP contribution in [0.1, 0.15) is 40.9 Å². The van der Waals surface area contributed by atoms with E-state index in [0.29, 0.717) is 5.92 Å². The summed E-state index contributed by atoms with van der Waals surface area (Å²) in [6.45, 7) is 6.31. The molecule has 3 heteroatoms. The molecule has 0 radical (unpaired) electrons. The fourth-order valence-corrected chi connectivity index (χ4v) is 2.23. The van der Waals surface area contributed by atoms with Crippen LogP contribution < -0.4 is 0 Å². The van der Waals surface area contributed by atoms with E-state index >= 15 is 0 Å². The summed E-state index contributed by atoms with van der Waals surface area (Å²) >= 11 is 1.79. The van der Waals surface area contributed by atoms with Gasteiger partial charge in [0.25, 0.3) is 0 Å². The summed E-state index contributed by atoms with van der Waals surface area (Å²) in [7, 11) is 0. The highest BCUT2D eigenvalue weighted by Crippen LogP contribution is 2.18. The van der Waals surface area contributed by atoms with Crippen molar-refractivity contribution in [2.45, 2.75) is 26.7 Å². The predicted molar refractivity (Wildman–Crippen MR) is 74.1 cm³/mol. The van der Waals surface area contributed by atoms with E-state index in [9.17, 15) is 0 Å². The minimum atomic E-state index is 0.382. The first kappa shape index (κ1) is 12.0. The van der Waals surface area contributed by atoms with Crippen molar-refractivity contribution < 1.29 is 0 Å². The lowest BCUT2D eigenvalue weighted by Crippen LogP contribution is -1.96. The van der Waals surface area contributed by atoms with Crippen LogP contribution in [0.2, 0.25) is 0 Å². The molecular formula is C14H16N2S. The van der Waals surface area contributed by atoms with Gasteiger partial charge in [-0.25, -0.2) is 9.97 Å². The number of hydrogen-bond acceptors (Lipinski definition) is 3. The number of thiophene rings is 1. The minimum Gasteiger partial charge on any atom is -0.240 e. The molecule has 88 valence electrons. The molecule has 0 aliphatic rings. The van der Waals surface area contributed by atoms with E-state index in [2.05, 4.69) is 55.0 Å². The Morgan fingerprint density at radius 3 is 2.35 bits per heavy atom. The zero-order chi connectivity index (χ0) is 12.3. The van der Waals surface area contributed by atoms with Crippen LogP contribution in [0.25, 0.3) is 12.2 Å². The largest absolute Gasteiger partial charge is 0.240 e. The van der Waals surface area contributed by atoms with Crippen LogP contribution in [0.15, 0.2) is 24.5 Å². The highest BCUT2D eigenvalue weighted by atomic mass is 32.1. The molecule has 0 amide bonds. The number of hydrogen-bond donors (Lipinski definition) is 0. The predicted octanol–water partition coefficient (Wildman–Crippen LogP) is 4.14. The highest BCUT2D eigenvalue weighted by Gasteiger charge is 2.00. The summed E-state index contributed by atoms with van der Waals surface area (Å²) in [5.74, 6) is 1.28. The van der Waals surface area contributed by atoms with Crippen molar-refractivity contribution in [2.75, 3.05) is 0 Å². The van der Waals surface area contributed by atoms with Gasteiger partial charge in [0.2, 0.25) is 0 Å². The maximum Gasteiger partial charge on any atom is 0.130 e. The van der Waals surface area contributed by atoms with Gasteiger partial charge in [-0.3, -0.25) is 0 Å². The van der Waals surface area contributed by atoms with Gasteiger partial charge in [-0.1, -0.05) is 19.9 Å². The van der Waals surface area contributed by atoms with E-state index in [0.717, 1.165) is 11.4 Å². The lowest BCUT2D eigenvalue weighted by Gasteiger charge is -2.01. The van der Waals surface area contributed by atoms with Gasteiger partial charge in [-0.15, -0.1) is 11.3 Å². The van der Waals surface area contributed by atoms with Gasteiger partial charge in [0.15, 0.2) is 0 Å². The second kappa shape index (κ2) is 5.23. The molecule has 2 aromatic heterocycles. The zero-order valence-corrected chi connectivity index (χ0v) is 11.2. The van der Waals surface area contributed by atoms with E-state index in [-0.39, 0.29) is 0 Å². The Balaban J connectivity index is 2.11. The summed E-state index contributed by atoms with van der Waals surface area (Å²) < 4.78 is 0. The van der Waals surface area contributed by atoms with Gasteiger partial charge in [-0.2, -0.15) is 0 Å². The molecule has 0 aliphatic heterocycles. The second-order valence-electron chi connectivity index (χ2n) is 4.31. The highest BCUT2D eigenvalue weighted by molar-refractivity contribution is 7.12. The average molecular weight is 244 g/mol. The molecule has 0 saturated carbocycles. The quantitative estimate of drug-likeness (QED) is 0.811. The molecule has 0 unspecified atom stereocenters. The second-order valence-corrected chi connectivity index (χ2v) is 5.63. The van der Waals surface area contributed by atoms with Crippen LogP contribution in [-0.2, 0) is 0 Å². The third-order valence-corrected chi connectivity index (χ3v) is 3.38. The first-order valence-corrected chi connectivity index (χ1v) is 6.53. The van der Waals surface area contributed by atoms with Gasteiger partial charge < -0.3 is 0 Å². The Hall–Kier alpha value is -1.48. The van der Waals surface area contributed by atoms with Crippen molar-refractivity contribution in [1.82, 2.24) is 9.97 Å². The molecular weight excluding hydrogens is 228 g/mol. The first-order chi connectivity index (χ1) is 8.15. The Bertz CT molecular complexity index is 509. The Kier molecular flexibility index (Phi) is 3.69. The molecule has 0 spiro atoms. The van der Waals surface area contributed by atoms with E-state index in [4.69, 9.17) is 0 Å². The van der Waals surface area contributed by atoms with Gasteiger partial charge in [-0.05, 0) is 25.1 Å². The van der Waals surface area contributed by atoms with E-state index < -0.39 is 0 Å². The smallest absolute Gasteiger partial charge is 0.130 e. The van der Waals surface area contributed by atoms with E-state index in [1.807, 2.05) is 12.4 Å². The van der Waals surface area contributed by atoms with Crippen LogP contribution in [0.3, 0.4) is 0 Å². The average Bonchev–Trinajstić information content (AvgIpc) is 2.73. The van der Waals surface area contributed by atoms with Crippen molar-refractivity contribution in [3.8, 4) is 0 Å². The standard InChI is InChI=1S/C14H16N2S/c1-10(2)14-15-8-12(9-16-14)5-7-13-6-4-11(3)17-13/h4-10H,1-3H3/b7-5+. The third kappa shape index (κ3) is 3.24. The van der Waals surface area contributed by atoms with Crippen LogP contribution in [0.4, 0.5) is 0 Å². The molecule has 0 saturated heterocycles. The number of rotatable bonds is 3. The summed E-state index contributed by atoms with van der Waals surface area (Å²) in [4.78, 5) is 11.3. The van der Waals surface area contributed by atoms with Crippen molar-refractivity contribution in [1.29, 1.82) is 0 Å². The van der Waals surface area contributed by atoms with Gasteiger partial charge in [0, 0.05) is 33.6 Å². The molecule has 0 N–H and O–H groups in total. The topological polar surface area (TPSA) is 25.8 Å². The fraction of sp³-hybridized carbons (Fsp3) is 0.286. The molecule has 2 heterocycles. The Morgan fingerprint density at radius 1 is 1.12 bits per heavy atom. The maximum absolute atomic E-state index is 4.34. The molecule has 0 bridgehead atoms. The van der Waals surface area contributed by atoms with Crippen molar-refractivity contribution in [3.05, 3.63) is 45.7 Å². The van der Waals surface area contributed by atoms with Gasteiger partial charge >= 0.3 is 0 Å². The van der Waals surface area contributed by atoms with Gasteiger partial charge in [0.1, 0.15) is 5.82 Å². The molecule has 0 fully saturated rings. The molecule has 0 aromatic carbocycles. The van der Waals surface area contributed by atoms with Gasteiger partial charge in [0.05, 0.1) is 0 Å². The van der Waals surface area contributed by atoms with Crippen LogP contribution in [0.5, 0.6) is 0 Å². The molecule has 0 aliphatic carbocycles. The van der Waals surface area contributed by atoms with Crippen molar-refractivity contribution in [3.63, 3.8) is 0 Å². The summed E-state index contributed by atoms with van der Waals surface area (Å²) in [5.41, 5.74) is 1.04. The lowest BCUT2D eigenvalue weighted by molar-refractivity contribution is 0.773. The molecule has 2 aromatic rings. The van der Waals surface area contributed by atoms with Crippen LogP contribution in [-0.4, -0.2) is 9.97 Å². The fourth-order valence-electron chi connectivity index (χ4n) is 1.45. The Labute approximate surface area is 106 Å². The number of aromatic nitrogens is 2. The summed E-state index contributed by atoms with van der Waals surface area (Å²) in [5, 5.41) is 0.